The van der Waals surface area contributed by atoms with Gasteiger partial charge in [-0.25, -0.2) is 5.01 Å². The second-order valence-electron chi connectivity index (χ2n) is 3.39. The Hall–Kier alpha value is -1.38. The Kier molecular flexibility index (Phi) is 4.11. The van der Waals surface area contributed by atoms with Crippen LogP contribution in [-0.4, -0.2) is 6.54 Å². The highest BCUT2D eigenvalue weighted by molar-refractivity contribution is 5.46. The molecule has 76 valence electrons. The van der Waals surface area contributed by atoms with Crippen molar-refractivity contribution in [3.05, 3.63) is 34.7 Å². The Morgan fingerprint density at radius 3 is 2.43 bits per heavy atom. The van der Waals surface area contributed by atoms with Crippen LogP contribution in [0.4, 0.5) is 5.69 Å². The van der Waals surface area contributed by atoms with Crippen LogP contribution in [0.25, 0.3) is 0 Å². The molecule has 0 saturated carbocycles. The van der Waals surface area contributed by atoms with Gasteiger partial charge in [-0.15, -0.1) is 4.91 Å². The van der Waals surface area contributed by atoms with Gasteiger partial charge in [-0.1, -0.05) is 31.0 Å². The average molecular weight is 192 g/mol. The van der Waals surface area contributed by atoms with Crippen molar-refractivity contribution in [2.45, 2.75) is 26.7 Å². The summed E-state index contributed by atoms with van der Waals surface area (Å²) in [5.41, 5.74) is 2.06. The number of hydrogen-bond acceptors (Lipinski definition) is 2. The second-order valence-corrected chi connectivity index (χ2v) is 3.39. The van der Waals surface area contributed by atoms with Crippen molar-refractivity contribution in [1.29, 1.82) is 0 Å². The summed E-state index contributed by atoms with van der Waals surface area (Å²) in [5, 5.41) is 4.51. The third-order valence-corrected chi connectivity index (χ3v) is 2.15. The first-order valence-corrected chi connectivity index (χ1v) is 4.95. The van der Waals surface area contributed by atoms with Crippen LogP contribution in [0.3, 0.4) is 0 Å². The fourth-order valence-corrected chi connectivity index (χ4v) is 1.24. The molecule has 0 atom stereocenters. The van der Waals surface area contributed by atoms with Gasteiger partial charge in [0.05, 0.1) is 11.0 Å². The van der Waals surface area contributed by atoms with Gasteiger partial charge in [0.1, 0.15) is 0 Å². The molecule has 0 N–H and O–H groups in total. The first-order chi connectivity index (χ1) is 6.77. The lowest BCUT2D eigenvalue weighted by Gasteiger charge is -2.14. The molecule has 0 saturated heterocycles. The highest BCUT2D eigenvalue weighted by atomic mass is 16.3. The van der Waals surface area contributed by atoms with E-state index in [2.05, 4.69) is 12.2 Å². The maximum absolute atomic E-state index is 10.6. The van der Waals surface area contributed by atoms with Gasteiger partial charge in [0.15, 0.2) is 0 Å². The predicted octanol–water partition coefficient (Wildman–Crippen LogP) is 3.28. The first-order valence-electron chi connectivity index (χ1n) is 4.95. The molecule has 3 heteroatoms. The Labute approximate surface area is 84.7 Å². The largest absolute Gasteiger partial charge is 0.229 e. The Morgan fingerprint density at radius 1 is 1.29 bits per heavy atom. The Bertz CT molecular complexity index is 282. The van der Waals surface area contributed by atoms with E-state index < -0.39 is 0 Å². The third-order valence-electron chi connectivity index (χ3n) is 2.15. The summed E-state index contributed by atoms with van der Waals surface area (Å²) in [5.74, 6) is 0. The minimum Gasteiger partial charge on any atom is -0.229 e. The fourth-order valence-electron chi connectivity index (χ4n) is 1.24. The summed E-state index contributed by atoms with van der Waals surface area (Å²) >= 11 is 0. The summed E-state index contributed by atoms with van der Waals surface area (Å²) in [4.78, 5) is 10.6. The van der Waals surface area contributed by atoms with E-state index in [0.29, 0.717) is 6.54 Å². The lowest BCUT2D eigenvalue weighted by atomic mass is 10.2. The number of anilines is 1. The smallest absolute Gasteiger partial charge is 0.0626 e. The SMILES string of the molecule is CCCCN(N=O)c1ccc(C)cc1. The molecule has 0 unspecified atom stereocenters. The molecular weight excluding hydrogens is 176 g/mol. The second kappa shape index (κ2) is 5.37. The van der Waals surface area contributed by atoms with Gasteiger partial charge in [0.25, 0.3) is 0 Å². The van der Waals surface area contributed by atoms with E-state index in [9.17, 15) is 4.91 Å². The molecule has 1 aromatic rings. The molecule has 0 spiro atoms. The zero-order valence-corrected chi connectivity index (χ0v) is 8.73. The lowest BCUT2D eigenvalue weighted by molar-refractivity contribution is 0.736. The van der Waals surface area contributed by atoms with Crippen LogP contribution in [0, 0.1) is 11.8 Å². The van der Waals surface area contributed by atoms with Crippen molar-refractivity contribution >= 4 is 5.69 Å². The first kappa shape index (κ1) is 10.7. The molecule has 0 radical (unpaired) electrons. The molecule has 0 aliphatic rings. The van der Waals surface area contributed by atoms with Gasteiger partial charge in [-0.3, -0.25) is 0 Å². The number of aryl methyl sites for hydroxylation is 1. The van der Waals surface area contributed by atoms with E-state index in [4.69, 9.17) is 0 Å². The molecule has 0 aromatic heterocycles. The summed E-state index contributed by atoms with van der Waals surface area (Å²) in [6.45, 7) is 4.82. The van der Waals surface area contributed by atoms with Crippen LogP contribution >= 0.6 is 0 Å². The van der Waals surface area contributed by atoms with Gasteiger partial charge < -0.3 is 0 Å². The average Bonchev–Trinajstić information content (AvgIpc) is 2.21. The van der Waals surface area contributed by atoms with E-state index in [1.807, 2.05) is 31.2 Å². The molecule has 14 heavy (non-hydrogen) atoms. The molecule has 3 nitrogen and oxygen atoms in total. The van der Waals surface area contributed by atoms with Crippen molar-refractivity contribution in [2.24, 2.45) is 5.29 Å². The standard InChI is InChI=1S/C11H16N2O/c1-3-4-9-13(12-14)11-7-5-10(2)6-8-11/h5-8H,3-4,9H2,1-2H3. The third kappa shape index (κ3) is 2.83. The Balaban J connectivity index is 2.68. The predicted molar refractivity (Wildman–Crippen MR) is 59.2 cm³/mol. The van der Waals surface area contributed by atoms with Gasteiger partial charge in [0.2, 0.25) is 0 Å². The molecule has 0 fully saturated rings. The number of hydrogen-bond donors (Lipinski definition) is 0. The minimum atomic E-state index is 0.697. The molecule has 0 heterocycles. The normalized spacial score (nSPS) is 9.86. The van der Waals surface area contributed by atoms with Gasteiger partial charge >= 0.3 is 0 Å². The summed E-state index contributed by atoms with van der Waals surface area (Å²) in [6.07, 6.45) is 2.05. The van der Waals surface area contributed by atoms with Gasteiger partial charge in [-0.05, 0) is 25.5 Å². The van der Waals surface area contributed by atoms with Crippen molar-refractivity contribution in [1.82, 2.24) is 0 Å². The highest BCUT2D eigenvalue weighted by Gasteiger charge is 2.04. The summed E-state index contributed by atoms with van der Waals surface area (Å²) in [7, 11) is 0. The molecule has 0 aliphatic heterocycles. The maximum Gasteiger partial charge on any atom is 0.0626 e. The van der Waals surface area contributed by atoms with Crippen LogP contribution in [0.5, 0.6) is 0 Å². The minimum absolute atomic E-state index is 0.697. The zero-order chi connectivity index (χ0) is 10.4. The van der Waals surface area contributed by atoms with Crippen molar-refractivity contribution in [2.75, 3.05) is 11.6 Å². The van der Waals surface area contributed by atoms with Crippen LogP contribution < -0.4 is 5.01 Å². The summed E-state index contributed by atoms with van der Waals surface area (Å²) in [6, 6.07) is 7.82. The topological polar surface area (TPSA) is 32.7 Å². The molecule has 0 amide bonds. The monoisotopic (exact) mass is 192 g/mol. The molecule has 1 rings (SSSR count). The quantitative estimate of drug-likeness (QED) is 0.529. The van der Waals surface area contributed by atoms with Crippen LogP contribution in [0.1, 0.15) is 25.3 Å². The molecule has 0 bridgehead atoms. The number of nitrogens with zero attached hydrogens (tertiary/aromatic N) is 2. The Morgan fingerprint density at radius 2 is 1.93 bits per heavy atom. The molecule has 0 aliphatic carbocycles. The van der Waals surface area contributed by atoms with E-state index in [-0.39, 0.29) is 0 Å². The van der Waals surface area contributed by atoms with E-state index in [1.54, 1.807) is 0 Å². The molecular formula is C11H16N2O. The van der Waals surface area contributed by atoms with E-state index in [1.165, 1.54) is 10.6 Å². The zero-order valence-electron chi connectivity index (χ0n) is 8.73. The van der Waals surface area contributed by atoms with Crippen molar-refractivity contribution < 1.29 is 0 Å². The number of benzene rings is 1. The fraction of sp³-hybridized carbons (Fsp3) is 0.455. The lowest BCUT2D eigenvalue weighted by Crippen LogP contribution is -2.16. The molecule has 1 aromatic carbocycles. The van der Waals surface area contributed by atoms with Crippen LogP contribution in [0.15, 0.2) is 29.6 Å². The number of unbranched alkanes of at least 4 members (excludes halogenated alkanes) is 1. The highest BCUT2D eigenvalue weighted by Crippen LogP contribution is 2.15. The van der Waals surface area contributed by atoms with Crippen LogP contribution in [-0.2, 0) is 0 Å². The number of nitroso groups, excluding NO2 is 1. The number of rotatable bonds is 5. The maximum atomic E-state index is 10.6. The summed E-state index contributed by atoms with van der Waals surface area (Å²) < 4.78 is 0. The van der Waals surface area contributed by atoms with Gasteiger partial charge in [0, 0.05) is 6.54 Å². The van der Waals surface area contributed by atoms with E-state index >= 15 is 0 Å². The van der Waals surface area contributed by atoms with Crippen molar-refractivity contribution in [3.63, 3.8) is 0 Å². The van der Waals surface area contributed by atoms with Crippen molar-refractivity contribution in [3.8, 4) is 0 Å². The van der Waals surface area contributed by atoms with Crippen LogP contribution in [0.2, 0.25) is 0 Å². The van der Waals surface area contributed by atoms with Gasteiger partial charge in [-0.2, -0.15) is 0 Å². The van der Waals surface area contributed by atoms with E-state index in [0.717, 1.165) is 18.5 Å².